The first kappa shape index (κ1) is 10.1. The van der Waals surface area contributed by atoms with E-state index in [1.807, 2.05) is 11.4 Å². The Morgan fingerprint density at radius 2 is 2.60 bits per heavy atom. The largest absolute Gasteiger partial charge is 0.365 e. The highest BCUT2D eigenvalue weighted by atomic mass is 32.1. The van der Waals surface area contributed by atoms with Gasteiger partial charge in [0.15, 0.2) is 12.4 Å². The summed E-state index contributed by atoms with van der Waals surface area (Å²) in [6.07, 6.45) is 0.481. The maximum Gasteiger partial charge on any atom is 0.161 e. The maximum absolute atomic E-state index is 10.5. The lowest BCUT2D eigenvalue weighted by molar-refractivity contribution is 0.0765. The molecule has 1 atom stereocenters. The predicted octanol–water partition coefficient (Wildman–Crippen LogP) is 1.29. The van der Waals surface area contributed by atoms with Crippen molar-refractivity contribution >= 4 is 23.3 Å². The maximum atomic E-state index is 10.5. The molecule has 4 nitrogen and oxygen atoms in total. The van der Waals surface area contributed by atoms with E-state index >= 15 is 0 Å². The Hall–Kier alpha value is -1.38. The summed E-state index contributed by atoms with van der Waals surface area (Å²) in [5, 5.41) is 10.7. The third-order valence-corrected chi connectivity index (χ3v) is 3.14. The molecule has 1 aromatic heterocycles. The van der Waals surface area contributed by atoms with Crippen LogP contribution < -0.4 is 4.90 Å². The van der Waals surface area contributed by atoms with E-state index in [0.29, 0.717) is 18.0 Å². The molecular weight excluding hydrogens is 212 g/mol. The molecule has 1 unspecified atom stereocenters. The van der Waals surface area contributed by atoms with Crippen LogP contribution in [0, 0.1) is 11.3 Å². The molecule has 0 aromatic carbocycles. The second kappa shape index (κ2) is 4.43. The summed E-state index contributed by atoms with van der Waals surface area (Å²) < 4.78 is 5.24. The van der Waals surface area contributed by atoms with E-state index < -0.39 is 0 Å². The standard InChI is InChI=1S/C10H10N2O2S/c11-4-9-5-12(1-2-14-9)8-3-10(6-13)15-7-8/h3,6-7,9H,1-2,5H2. The number of nitrogens with zero attached hydrogens (tertiary/aromatic N) is 2. The zero-order chi connectivity index (χ0) is 10.7. The third-order valence-electron chi connectivity index (χ3n) is 2.30. The molecule has 0 aliphatic carbocycles. The molecule has 1 fully saturated rings. The van der Waals surface area contributed by atoms with Gasteiger partial charge in [-0.15, -0.1) is 11.3 Å². The van der Waals surface area contributed by atoms with Gasteiger partial charge >= 0.3 is 0 Å². The summed E-state index contributed by atoms with van der Waals surface area (Å²) in [5.41, 5.74) is 1.01. The molecule has 1 saturated heterocycles. The first-order valence-electron chi connectivity index (χ1n) is 4.63. The van der Waals surface area contributed by atoms with Crippen molar-refractivity contribution in [1.29, 1.82) is 5.26 Å². The number of ether oxygens (including phenoxy) is 1. The Labute approximate surface area is 91.7 Å². The van der Waals surface area contributed by atoms with E-state index in [1.165, 1.54) is 11.3 Å². The van der Waals surface area contributed by atoms with E-state index in [0.717, 1.165) is 18.5 Å². The van der Waals surface area contributed by atoms with Crippen LogP contribution in [0.3, 0.4) is 0 Å². The lowest BCUT2D eigenvalue weighted by Crippen LogP contribution is -2.41. The molecule has 15 heavy (non-hydrogen) atoms. The van der Waals surface area contributed by atoms with Crippen molar-refractivity contribution < 1.29 is 9.53 Å². The van der Waals surface area contributed by atoms with Crippen LogP contribution in [0.4, 0.5) is 5.69 Å². The van der Waals surface area contributed by atoms with Gasteiger partial charge in [0, 0.05) is 17.6 Å². The average Bonchev–Trinajstić information content (AvgIpc) is 2.78. The number of hydrogen-bond acceptors (Lipinski definition) is 5. The van der Waals surface area contributed by atoms with Crippen LogP contribution in [0.25, 0.3) is 0 Å². The van der Waals surface area contributed by atoms with Gasteiger partial charge in [0.2, 0.25) is 0 Å². The quantitative estimate of drug-likeness (QED) is 0.707. The summed E-state index contributed by atoms with van der Waals surface area (Å²) in [5.74, 6) is 0. The number of thiophene rings is 1. The fourth-order valence-electron chi connectivity index (χ4n) is 1.53. The van der Waals surface area contributed by atoms with E-state index in [1.54, 1.807) is 0 Å². The van der Waals surface area contributed by atoms with Gasteiger partial charge < -0.3 is 9.64 Å². The van der Waals surface area contributed by atoms with E-state index in [4.69, 9.17) is 10.00 Å². The van der Waals surface area contributed by atoms with Crippen LogP contribution in [0.2, 0.25) is 0 Å². The van der Waals surface area contributed by atoms with Crippen molar-refractivity contribution in [2.75, 3.05) is 24.6 Å². The number of morpholine rings is 1. The van der Waals surface area contributed by atoms with Gasteiger partial charge in [0.05, 0.1) is 24.1 Å². The van der Waals surface area contributed by atoms with Crippen LogP contribution in [0.1, 0.15) is 9.67 Å². The molecule has 2 rings (SSSR count). The number of rotatable bonds is 2. The van der Waals surface area contributed by atoms with E-state index in [2.05, 4.69) is 11.0 Å². The highest BCUT2D eigenvalue weighted by Crippen LogP contribution is 2.23. The van der Waals surface area contributed by atoms with Crippen molar-refractivity contribution in [3.8, 4) is 6.07 Å². The lowest BCUT2D eigenvalue weighted by atomic mass is 10.2. The normalized spacial score (nSPS) is 21.0. The molecule has 0 bridgehead atoms. The summed E-state index contributed by atoms with van der Waals surface area (Å²) >= 11 is 1.42. The molecule has 0 saturated carbocycles. The molecule has 0 amide bonds. The molecule has 0 N–H and O–H groups in total. The van der Waals surface area contributed by atoms with Crippen molar-refractivity contribution in [3.05, 3.63) is 16.3 Å². The Morgan fingerprint density at radius 1 is 1.73 bits per heavy atom. The molecule has 5 heteroatoms. The van der Waals surface area contributed by atoms with Gasteiger partial charge in [-0.2, -0.15) is 5.26 Å². The van der Waals surface area contributed by atoms with Crippen LogP contribution in [-0.2, 0) is 4.74 Å². The third kappa shape index (κ3) is 2.17. The molecule has 1 aliphatic heterocycles. The van der Waals surface area contributed by atoms with Crippen molar-refractivity contribution in [2.45, 2.75) is 6.10 Å². The lowest BCUT2D eigenvalue weighted by Gasteiger charge is -2.30. The summed E-state index contributed by atoms with van der Waals surface area (Å²) in [6, 6.07) is 3.94. The number of carbonyl (C=O) groups excluding carboxylic acids is 1. The zero-order valence-electron chi connectivity index (χ0n) is 8.05. The first-order valence-corrected chi connectivity index (χ1v) is 5.51. The number of carbonyl (C=O) groups is 1. The molecule has 1 aromatic rings. The monoisotopic (exact) mass is 222 g/mol. The minimum atomic E-state index is -0.363. The SMILES string of the molecule is N#CC1CN(c2csc(C=O)c2)CCO1. The fraction of sp³-hybridized carbons (Fsp3) is 0.400. The Bertz CT molecular complexity index is 396. The van der Waals surface area contributed by atoms with Crippen molar-refractivity contribution in [1.82, 2.24) is 0 Å². The van der Waals surface area contributed by atoms with Crippen molar-refractivity contribution in [3.63, 3.8) is 0 Å². The number of nitriles is 1. The fourth-order valence-corrected chi connectivity index (χ4v) is 2.25. The summed E-state index contributed by atoms with van der Waals surface area (Å²) in [6.45, 7) is 1.91. The highest BCUT2D eigenvalue weighted by molar-refractivity contribution is 7.12. The van der Waals surface area contributed by atoms with Crippen LogP contribution in [0.15, 0.2) is 11.4 Å². The number of hydrogen-bond donors (Lipinski definition) is 0. The van der Waals surface area contributed by atoms with Gasteiger partial charge in [-0.1, -0.05) is 0 Å². The second-order valence-corrected chi connectivity index (χ2v) is 4.20. The topological polar surface area (TPSA) is 53.3 Å². The number of anilines is 1. The smallest absolute Gasteiger partial charge is 0.161 e. The van der Waals surface area contributed by atoms with E-state index in [-0.39, 0.29) is 6.10 Å². The summed E-state index contributed by atoms with van der Waals surface area (Å²) in [4.78, 5) is 13.3. The first-order chi connectivity index (χ1) is 7.33. The van der Waals surface area contributed by atoms with Crippen molar-refractivity contribution in [2.24, 2.45) is 0 Å². The minimum absolute atomic E-state index is 0.363. The Morgan fingerprint density at radius 3 is 3.27 bits per heavy atom. The van der Waals surface area contributed by atoms with Gasteiger partial charge in [0.1, 0.15) is 0 Å². The molecule has 0 radical (unpaired) electrons. The van der Waals surface area contributed by atoms with Crippen LogP contribution >= 0.6 is 11.3 Å². The van der Waals surface area contributed by atoms with Crippen LogP contribution in [-0.4, -0.2) is 32.1 Å². The minimum Gasteiger partial charge on any atom is -0.365 e. The highest BCUT2D eigenvalue weighted by Gasteiger charge is 2.20. The predicted molar refractivity (Wildman–Crippen MR) is 57.3 cm³/mol. The van der Waals surface area contributed by atoms with E-state index in [9.17, 15) is 4.79 Å². The average molecular weight is 222 g/mol. The van der Waals surface area contributed by atoms with Crippen LogP contribution in [0.5, 0.6) is 0 Å². The Balaban J connectivity index is 2.10. The molecular formula is C10H10N2O2S. The van der Waals surface area contributed by atoms with Gasteiger partial charge in [-0.25, -0.2) is 0 Å². The molecule has 0 spiro atoms. The second-order valence-electron chi connectivity index (χ2n) is 3.26. The van der Waals surface area contributed by atoms with Gasteiger partial charge in [-0.05, 0) is 6.07 Å². The Kier molecular flexibility index (Phi) is 2.99. The van der Waals surface area contributed by atoms with Gasteiger partial charge in [-0.3, -0.25) is 4.79 Å². The number of aldehydes is 1. The zero-order valence-corrected chi connectivity index (χ0v) is 8.87. The summed E-state index contributed by atoms with van der Waals surface area (Å²) in [7, 11) is 0. The van der Waals surface area contributed by atoms with Gasteiger partial charge in [0.25, 0.3) is 0 Å². The molecule has 2 heterocycles. The molecule has 78 valence electrons. The molecule has 1 aliphatic rings.